The van der Waals surface area contributed by atoms with Gasteiger partial charge in [0.2, 0.25) is 11.8 Å². The molecule has 0 aromatic heterocycles. The van der Waals surface area contributed by atoms with E-state index in [1.807, 2.05) is 12.1 Å². The van der Waals surface area contributed by atoms with Crippen LogP contribution in [0.25, 0.3) is 10.4 Å². The number of benzene rings is 2. The van der Waals surface area contributed by atoms with Gasteiger partial charge in [-0.1, -0.05) is 5.11 Å². The van der Waals surface area contributed by atoms with Gasteiger partial charge in [0.25, 0.3) is 0 Å². The summed E-state index contributed by atoms with van der Waals surface area (Å²) in [6.07, 6.45) is -0.944. The molecule has 474 valence electrons. The largest absolute Gasteiger partial charge is 0.481 e. The fourth-order valence-corrected chi connectivity index (χ4v) is 6.74. The van der Waals surface area contributed by atoms with Gasteiger partial charge >= 0.3 is 18.0 Å². The van der Waals surface area contributed by atoms with Crippen molar-refractivity contribution in [3.63, 3.8) is 0 Å². The van der Waals surface area contributed by atoms with Crippen molar-refractivity contribution in [3.05, 3.63) is 59.0 Å². The maximum atomic E-state index is 12.6. The van der Waals surface area contributed by atoms with Crippen molar-refractivity contribution < 1.29 is 95.8 Å². The Labute approximate surface area is 491 Å². The van der Waals surface area contributed by atoms with Crippen LogP contribution >= 0.6 is 0 Å². The average Bonchev–Trinajstić information content (AvgIpc) is 3.51. The Morgan fingerprint density at radius 1 is 0.512 bits per heavy atom. The van der Waals surface area contributed by atoms with Crippen LogP contribution in [0.3, 0.4) is 0 Å². The molecule has 0 saturated heterocycles. The van der Waals surface area contributed by atoms with Gasteiger partial charge in [0.15, 0.2) is 0 Å². The molecule has 0 aliphatic heterocycles. The summed E-state index contributed by atoms with van der Waals surface area (Å²) in [6, 6.07) is 12.4. The zero-order valence-electron chi connectivity index (χ0n) is 48.9. The topological polar surface area (TPSA) is 367 Å². The Kier molecular flexibility index (Phi) is 44.2. The molecule has 2 rings (SSSR count). The zero-order valence-corrected chi connectivity index (χ0v) is 48.9. The quantitative estimate of drug-likeness (QED) is 0.0200. The summed E-state index contributed by atoms with van der Waals surface area (Å²) in [7, 11) is 0. The van der Waals surface area contributed by atoms with Gasteiger partial charge in [-0.2, -0.15) is 10.2 Å². The smallest absolute Gasteiger partial charge is 0.408 e. The van der Waals surface area contributed by atoms with Gasteiger partial charge in [0.05, 0.1) is 176 Å². The molecule has 0 heterocycles. The summed E-state index contributed by atoms with van der Waals surface area (Å²) in [5.74, 6) is -4.23. The molecular formula is C55H89N9O20. The molecule has 0 aliphatic rings. The van der Waals surface area contributed by atoms with Crippen LogP contribution < -0.4 is 21.3 Å². The van der Waals surface area contributed by atoms with Crippen LogP contribution in [-0.2, 0) is 80.8 Å². The summed E-state index contributed by atoms with van der Waals surface area (Å²) in [5.41, 5.74) is 9.79. The van der Waals surface area contributed by atoms with Gasteiger partial charge in [-0.3, -0.25) is 14.4 Å². The number of nitrogens with zero attached hydrogens (tertiary/aromatic N) is 5. The van der Waals surface area contributed by atoms with Crippen molar-refractivity contribution in [2.75, 3.05) is 189 Å². The summed E-state index contributed by atoms with van der Waals surface area (Å²) in [5, 5.41) is 42.1. The number of nitrogens with one attached hydrogen (secondary N) is 4. The van der Waals surface area contributed by atoms with E-state index in [1.54, 1.807) is 57.2 Å². The van der Waals surface area contributed by atoms with Crippen molar-refractivity contribution >= 4 is 52.6 Å². The Hall–Kier alpha value is -6.18. The van der Waals surface area contributed by atoms with Gasteiger partial charge in [0, 0.05) is 48.8 Å². The van der Waals surface area contributed by atoms with Crippen LogP contribution in [-0.4, -0.2) is 230 Å². The number of alkyl carbamates (subject to hydrolysis) is 1. The predicted octanol–water partition coefficient (Wildman–Crippen LogP) is 5.71. The number of hydrogen-bond acceptors (Lipinski definition) is 22. The van der Waals surface area contributed by atoms with Gasteiger partial charge in [-0.05, 0) is 94.1 Å². The number of anilines is 2. The van der Waals surface area contributed by atoms with Gasteiger partial charge in [0.1, 0.15) is 11.6 Å². The molecular weight excluding hydrogens is 1110 g/mol. The van der Waals surface area contributed by atoms with Crippen molar-refractivity contribution in [2.24, 2.45) is 21.3 Å². The SMILES string of the molecule is CC(C)(C)OC(=O)N[C@@H](C[C@H](CCCC(=O)Nc1ccc(/N=N/c2ccc(NCCNC(=O)CCOCCOCCOCCOCCOCCOCCOCCOCCOCCOCCOCCOCCN=[N+]=[N-])cc2)cc1)C(=O)O)C(=O)O. The average molecular weight is 1200 g/mol. The summed E-state index contributed by atoms with van der Waals surface area (Å²) >= 11 is 0. The Balaban J connectivity index is 1.34. The van der Waals surface area contributed by atoms with Crippen LogP contribution in [0.15, 0.2) is 63.9 Å². The molecule has 84 heavy (non-hydrogen) atoms. The number of azide groups is 1. The number of rotatable bonds is 55. The molecule has 0 fully saturated rings. The van der Waals surface area contributed by atoms with E-state index in [2.05, 4.69) is 41.5 Å². The van der Waals surface area contributed by atoms with E-state index in [0.717, 1.165) is 5.69 Å². The third kappa shape index (κ3) is 44.4. The van der Waals surface area contributed by atoms with Crippen molar-refractivity contribution in [1.29, 1.82) is 0 Å². The second-order valence-electron chi connectivity index (χ2n) is 18.9. The van der Waals surface area contributed by atoms with Crippen LogP contribution in [0.2, 0.25) is 0 Å². The molecule has 0 aliphatic carbocycles. The molecule has 0 radical (unpaired) electrons. The first-order valence-corrected chi connectivity index (χ1v) is 28.1. The first-order valence-electron chi connectivity index (χ1n) is 28.1. The lowest BCUT2D eigenvalue weighted by molar-refractivity contribution is -0.144. The van der Waals surface area contributed by atoms with E-state index in [1.165, 1.54) is 0 Å². The van der Waals surface area contributed by atoms with Crippen molar-refractivity contribution in [1.82, 2.24) is 10.6 Å². The van der Waals surface area contributed by atoms with E-state index >= 15 is 0 Å². The third-order valence-electron chi connectivity index (χ3n) is 10.9. The van der Waals surface area contributed by atoms with E-state index in [4.69, 9.17) is 67.1 Å². The summed E-state index contributed by atoms with van der Waals surface area (Å²) in [4.78, 5) is 63.1. The normalized spacial score (nSPS) is 12.1. The van der Waals surface area contributed by atoms with Crippen molar-refractivity contribution in [2.45, 2.75) is 64.5 Å². The number of amides is 3. The lowest BCUT2D eigenvalue weighted by atomic mass is 9.94. The second kappa shape index (κ2) is 50.2. The maximum absolute atomic E-state index is 12.6. The maximum Gasteiger partial charge on any atom is 0.408 e. The van der Waals surface area contributed by atoms with Gasteiger partial charge in [-0.15, -0.1) is 0 Å². The highest BCUT2D eigenvalue weighted by Crippen LogP contribution is 2.23. The number of aliphatic carboxylic acids is 2. The Morgan fingerprint density at radius 3 is 1.29 bits per heavy atom. The molecule has 29 heteroatoms. The lowest BCUT2D eigenvalue weighted by Crippen LogP contribution is -2.45. The van der Waals surface area contributed by atoms with Gasteiger partial charge in [-0.25, -0.2) is 9.59 Å². The number of carboxylic acid groups (broad SMARTS) is 2. The molecule has 0 saturated carbocycles. The molecule has 0 unspecified atom stereocenters. The highest BCUT2D eigenvalue weighted by Gasteiger charge is 2.30. The minimum atomic E-state index is -1.48. The molecule has 2 atom stereocenters. The number of ether oxygens (including phenoxy) is 13. The summed E-state index contributed by atoms with van der Waals surface area (Å²) in [6.45, 7) is 16.6. The number of carboxylic acids is 2. The lowest BCUT2D eigenvalue weighted by Gasteiger charge is -2.23. The van der Waals surface area contributed by atoms with E-state index in [9.17, 15) is 34.2 Å². The molecule has 3 amide bonds. The predicted molar refractivity (Wildman–Crippen MR) is 306 cm³/mol. The number of hydrogen-bond donors (Lipinski definition) is 6. The highest BCUT2D eigenvalue weighted by molar-refractivity contribution is 5.90. The number of azo groups is 1. The minimum Gasteiger partial charge on any atom is -0.481 e. The standard InChI is InChI=1S/C55H89N9O20/c1-55(2,3)84-54(71)61-49(53(69)70)43-44(52(67)68)5-4-6-51(66)60-46-9-13-48(14-10-46)63-62-47-11-7-45(8-12-47)57-16-17-58-50(65)15-19-72-21-23-74-25-27-76-29-31-78-33-35-80-37-39-82-41-42-83-40-38-81-36-34-79-32-30-77-28-26-75-24-22-73-20-18-59-64-56/h7-14,44,49,57H,4-6,15-43H2,1-3H3,(H,58,65)(H,60,66)(H,61,71)(H,67,68)(H,69,70)/b63-62+/t44-,49-/m0/s1. The van der Waals surface area contributed by atoms with Crippen LogP contribution in [0, 0.1) is 5.92 Å². The van der Waals surface area contributed by atoms with Crippen LogP contribution in [0.4, 0.5) is 27.5 Å². The number of carbonyl (C=O) groups excluding carboxylic acids is 3. The molecule has 6 N–H and O–H groups in total. The summed E-state index contributed by atoms with van der Waals surface area (Å²) < 4.78 is 70.6. The monoisotopic (exact) mass is 1200 g/mol. The molecule has 2 aromatic carbocycles. The second-order valence-corrected chi connectivity index (χ2v) is 18.9. The third-order valence-corrected chi connectivity index (χ3v) is 10.9. The molecule has 29 nitrogen and oxygen atoms in total. The van der Waals surface area contributed by atoms with E-state index in [0.29, 0.717) is 189 Å². The first-order chi connectivity index (χ1) is 40.8. The van der Waals surface area contributed by atoms with Gasteiger partial charge < -0.3 is 93.1 Å². The molecule has 0 spiro atoms. The zero-order chi connectivity index (χ0) is 61.0. The Morgan fingerprint density at radius 2 is 0.905 bits per heavy atom. The first kappa shape index (κ1) is 73.9. The van der Waals surface area contributed by atoms with Crippen LogP contribution in [0.5, 0.6) is 0 Å². The van der Waals surface area contributed by atoms with Crippen molar-refractivity contribution in [3.8, 4) is 0 Å². The minimum absolute atomic E-state index is 0.00848. The van der Waals surface area contributed by atoms with Crippen LogP contribution in [0.1, 0.15) is 52.9 Å². The number of carbonyl (C=O) groups is 5. The van der Waals surface area contributed by atoms with E-state index in [-0.39, 0.29) is 50.5 Å². The Bertz CT molecular complexity index is 2120. The highest BCUT2D eigenvalue weighted by atomic mass is 16.6. The fourth-order valence-electron chi connectivity index (χ4n) is 6.74. The fraction of sp³-hybridized carbons (Fsp3) is 0.691. The van der Waals surface area contributed by atoms with E-state index < -0.39 is 35.6 Å². The molecule has 0 bridgehead atoms. The molecule has 2 aromatic rings.